The van der Waals surface area contributed by atoms with Gasteiger partial charge in [0.05, 0.1) is 0 Å². The normalized spacial score (nSPS) is 17.1. The lowest BCUT2D eigenvalue weighted by Crippen LogP contribution is -2.11. The molecule has 0 aromatic heterocycles. The predicted octanol–water partition coefficient (Wildman–Crippen LogP) is 4.87. The summed E-state index contributed by atoms with van der Waals surface area (Å²) in [6.07, 6.45) is 7.98. The number of aliphatic carboxylic acids is 1. The van der Waals surface area contributed by atoms with Crippen LogP contribution in [-0.2, 0) is 4.79 Å². The first kappa shape index (κ1) is 15.5. The highest BCUT2D eigenvalue weighted by Gasteiger charge is 2.16. The summed E-state index contributed by atoms with van der Waals surface area (Å²) in [4.78, 5) is 11.4. The van der Waals surface area contributed by atoms with Crippen molar-refractivity contribution < 1.29 is 9.90 Å². The Bertz CT molecular complexity index is 493. The highest BCUT2D eigenvalue weighted by atomic mass is 35.5. The van der Waals surface area contributed by atoms with E-state index in [0.717, 1.165) is 5.56 Å². The first-order valence-corrected chi connectivity index (χ1v) is 8.39. The second-order valence-electron chi connectivity index (χ2n) is 5.07. The molecule has 0 unspecified atom stereocenters. The maximum atomic E-state index is 11.4. The summed E-state index contributed by atoms with van der Waals surface area (Å²) < 4.78 is 0. The number of carboxylic acids is 1. The van der Waals surface area contributed by atoms with E-state index >= 15 is 0 Å². The van der Waals surface area contributed by atoms with Crippen molar-refractivity contribution in [2.24, 2.45) is 0 Å². The number of carbonyl (C=O) groups is 1. The van der Waals surface area contributed by atoms with Crippen molar-refractivity contribution in [3.8, 4) is 0 Å². The van der Waals surface area contributed by atoms with Gasteiger partial charge in [0.25, 0.3) is 0 Å². The number of hydrogen-bond acceptors (Lipinski definition) is 2. The smallest absolute Gasteiger partial charge is 0.332 e. The molecular formula is C16H19ClO2S. The van der Waals surface area contributed by atoms with Crippen LogP contribution >= 0.6 is 23.4 Å². The Kier molecular flexibility index (Phi) is 5.99. The molecule has 108 valence electrons. The van der Waals surface area contributed by atoms with Crippen LogP contribution in [0.4, 0.5) is 0 Å². The Morgan fingerprint density at radius 1 is 1.30 bits per heavy atom. The summed E-state index contributed by atoms with van der Waals surface area (Å²) in [6.45, 7) is 0. The molecule has 1 fully saturated rings. The van der Waals surface area contributed by atoms with Gasteiger partial charge in [0.2, 0.25) is 0 Å². The van der Waals surface area contributed by atoms with E-state index in [1.807, 2.05) is 18.2 Å². The SMILES string of the molecule is O=C(O)/C(=C/c1ccccc1Cl)CSC1CCCCC1. The van der Waals surface area contributed by atoms with Crippen LogP contribution in [0.2, 0.25) is 5.02 Å². The summed E-state index contributed by atoms with van der Waals surface area (Å²) in [6, 6.07) is 7.33. The van der Waals surface area contributed by atoms with Gasteiger partial charge in [0.1, 0.15) is 0 Å². The van der Waals surface area contributed by atoms with E-state index < -0.39 is 5.97 Å². The molecular weight excluding hydrogens is 292 g/mol. The van der Waals surface area contributed by atoms with Crippen molar-refractivity contribution in [3.05, 3.63) is 40.4 Å². The van der Waals surface area contributed by atoms with E-state index in [1.165, 1.54) is 32.1 Å². The average Bonchev–Trinajstić information content (AvgIpc) is 2.46. The third-order valence-electron chi connectivity index (χ3n) is 3.54. The lowest BCUT2D eigenvalue weighted by molar-refractivity contribution is -0.132. The minimum absolute atomic E-state index is 0.425. The molecule has 20 heavy (non-hydrogen) atoms. The molecule has 0 spiro atoms. The molecule has 1 aliphatic carbocycles. The van der Waals surface area contributed by atoms with Crippen LogP contribution in [0, 0.1) is 0 Å². The van der Waals surface area contributed by atoms with Crippen LogP contribution in [0.5, 0.6) is 0 Å². The maximum Gasteiger partial charge on any atom is 0.332 e. The standard InChI is InChI=1S/C16H19ClO2S/c17-15-9-5-4-6-12(15)10-13(16(18)19)11-20-14-7-2-1-3-8-14/h4-6,9-10,14H,1-3,7-8,11H2,(H,18,19)/b13-10+. The van der Waals surface area contributed by atoms with Crippen molar-refractivity contribution in [1.29, 1.82) is 0 Å². The number of benzene rings is 1. The summed E-state index contributed by atoms with van der Waals surface area (Å²) >= 11 is 7.84. The minimum atomic E-state index is -0.853. The fraction of sp³-hybridized carbons (Fsp3) is 0.438. The summed E-state index contributed by atoms with van der Waals surface area (Å²) in [7, 11) is 0. The number of thioether (sulfide) groups is 1. The van der Waals surface area contributed by atoms with Gasteiger partial charge in [0.15, 0.2) is 0 Å². The van der Waals surface area contributed by atoms with Gasteiger partial charge in [0, 0.05) is 21.6 Å². The first-order valence-electron chi connectivity index (χ1n) is 6.97. The third-order valence-corrected chi connectivity index (χ3v) is 5.30. The lowest BCUT2D eigenvalue weighted by Gasteiger charge is -2.21. The Morgan fingerprint density at radius 3 is 2.65 bits per heavy atom. The summed E-state index contributed by atoms with van der Waals surface area (Å²) in [5.74, 6) is -0.307. The molecule has 1 aromatic carbocycles. The fourth-order valence-electron chi connectivity index (χ4n) is 2.38. The lowest BCUT2D eigenvalue weighted by atomic mass is 10.0. The molecule has 4 heteroatoms. The molecule has 1 saturated carbocycles. The largest absolute Gasteiger partial charge is 0.478 e. The number of hydrogen-bond donors (Lipinski definition) is 1. The number of carboxylic acid groups (broad SMARTS) is 1. The van der Waals surface area contributed by atoms with Crippen LogP contribution < -0.4 is 0 Å². The first-order chi connectivity index (χ1) is 9.66. The zero-order chi connectivity index (χ0) is 14.4. The van der Waals surface area contributed by atoms with Crippen molar-refractivity contribution in [2.75, 3.05) is 5.75 Å². The topological polar surface area (TPSA) is 37.3 Å². The molecule has 0 amide bonds. The van der Waals surface area contributed by atoms with Crippen molar-refractivity contribution in [3.63, 3.8) is 0 Å². The molecule has 2 rings (SSSR count). The van der Waals surface area contributed by atoms with Crippen LogP contribution in [0.15, 0.2) is 29.8 Å². The highest BCUT2D eigenvalue weighted by Crippen LogP contribution is 2.30. The van der Waals surface area contributed by atoms with E-state index in [9.17, 15) is 9.90 Å². The monoisotopic (exact) mass is 310 g/mol. The third kappa shape index (κ3) is 4.57. The molecule has 1 N–H and O–H groups in total. The van der Waals surface area contributed by atoms with Gasteiger partial charge < -0.3 is 5.11 Å². The molecule has 2 nitrogen and oxygen atoms in total. The zero-order valence-corrected chi connectivity index (χ0v) is 12.9. The molecule has 0 atom stereocenters. The second-order valence-corrected chi connectivity index (χ2v) is 6.76. The summed E-state index contributed by atoms with van der Waals surface area (Å²) in [5, 5.41) is 10.5. The van der Waals surface area contributed by atoms with Crippen LogP contribution in [0.1, 0.15) is 37.7 Å². The summed E-state index contributed by atoms with van der Waals surface area (Å²) in [5.41, 5.74) is 1.20. The zero-order valence-electron chi connectivity index (χ0n) is 11.3. The Hall–Kier alpha value is -0.930. The highest BCUT2D eigenvalue weighted by molar-refractivity contribution is 8.00. The molecule has 0 heterocycles. The number of halogens is 1. The molecule has 0 bridgehead atoms. The van der Waals surface area contributed by atoms with Gasteiger partial charge in [-0.2, -0.15) is 11.8 Å². The van der Waals surface area contributed by atoms with Gasteiger partial charge in [-0.25, -0.2) is 4.79 Å². The molecule has 0 aliphatic heterocycles. The maximum absolute atomic E-state index is 11.4. The minimum Gasteiger partial charge on any atom is -0.478 e. The van der Waals surface area contributed by atoms with Gasteiger partial charge in [-0.15, -0.1) is 0 Å². The van der Waals surface area contributed by atoms with Crippen LogP contribution in [0.25, 0.3) is 6.08 Å². The molecule has 1 aliphatic rings. The van der Waals surface area contributed by atoms with E-state index in [1.54, 1.807) is 23.9 Å². The van der Waals surface area contributed by atoms with E-state index in [-0.39, 0.29) is 0 Å². The Balaban J connectivity index is 2.03. The van der Waals surface area contributed by atoms with Crippen molar-refractivity contribution in [2.45, 2.75) is 37.4 Å². The molecule has 1 aromatic rings. The van der Waals surface area contributed by atoms with E-state index in [2.05, 4.69) is 0 Å². The predicted molar refractivity (Wildman–Crippen MR) is 86.4 cm³/mol. The van der Waals surface area contributed by atoms with Gasteiger partial charge in [-0.1, -0.05) is 49.1 Å². The second kappa shape index (κ2) is 7.75. The number of rotatable bonds is 5. The Morgan fingerprint density at radius 2 is 2.00 bits per heavy atom. The van der Waals surface area contributed by atoms with E-state index in [0.29, 0.717) is 21.6 Å². The van der Waals surface area contributed by atoms with Crippen LogP contribution in [-0.4, -0.2) is 22.1 Å². The molecule has 0 radical (unpaired) electrons. The van der Waals surface area contributed by atoms with Gasteiger partial charge >= 0.3 is 5.97 Å². The van der Waals surface area contributed by atoms with Gasteiger partial charge in [-0.05, 0) is 30.5 Å². The van der Waals surface area contributed by atoms with Crippen molar-refractivity contribution in [1.82, 2.24) is 0 Å². The van der Waals surface area contributed by atoms with Crippen molar-refractivity contribution >= 4 is 35.4 Å². The van der Waals surface area contributed by atoms with E-state index in [4.69, 9.17) is 11.6 Å². The van der Waals surface area contributed by atoms with Gasteiger partial charge in [-0.3, -0.25) is 0 Å². The quantitative estimate of drug-likeness (QED) is 0.788. The Labute approximate surface area is 129 Å². The molecule has 0 saturated heterocycles. The van der Waals surface area contributed by atoms with Crippen LogP contribution in [0.3, 0.4) is 0 Å². The fourth-order valence-corrected chi connectivity index (χ4v) is 3.86. The average molecular weight is 311 g/mol.